The van der Waals surface area contributed by atoms with Gasteiger partial charge in [-0.05, 0) is 91.6 Å². The van der Waals surface area contributed by atoms with Crippen molar-refractivity contribution in [2.45, 2.75) is 116 Å². The van der Waals surface area contributed by atoms with E-state index in [9.17, 15) is 5.11 Å². The van der Waals surface area contributed by atoms with E-state index in [1.165, 1.54) is 49.8 Å². The van der Waals surface area contributed by atoms with Gasteiger partial charge in [0.05, 0.1) is 0 Å². The number of hydrogen-bond acceptors (Lipinski definition) is 4. The molecule has 0 bridgehead atoms. The molecule has 0 unspecified atom stereocenters. The molecule has 5 rings (SSSR count). The van der Waals surface area contributed by atoms with Crippen LogP contribution in [0.4, 0.5) is 0 Å². The van der Waals surface area contributed by atoms with Crippen LogP contribution in [-0.4, -0.2) is 22.8 Å². The van der Waals surface area contributed by atoms with Crippen molar-refractivity contribution >= 4 is 11.8 Å². The van der Waals surface area contributed by atoms with Crippen LogP contribution < -0.4 is 0 Å². The normalized spacial score (nSPS) is 43.0. The Morgan fingerprint density at radius 1 is 0.972 bits per heavy atom. The Kier molecular flexibility index (Phi) is 7.92. The van der Waals surface area contributed by atoms with E-state index in [1.807, 2.05) is 11.8 Å². The summed E-state index contributed by atoms with van der Waals surface area (Å²) in [5.41, 5.74) is 0.233. The van der Waals surface area contributed by atoms with Gasteiger partial charge in [-0.1, -0.05) is 72.1 Å². The molecule has 3 nitrogen and oxygen atoms in total. The van der Waals surface area contributed by atoms with Gasteiger partial charge in [0.25, 0.3) is 0 Å². The van der Waals surface area contributed by atoms with Gasteiger partial charge in [0.2, 0.25) is 5.79 Å². The van der Waals surface area contributed by atoms with Crippen molar-refractivity contribution in [3.63, 3.8) is 0 Å². The van der Waals surface area contributed by atoms with Gasteiger partial charge in [0.1, 0.15) is 6.10 Å². The molecule has 202 valence electrons. The smallest absolute Gasteiger partial charge is 0.204 e. The Balaban J connectivity index is 1.28. The Hall–Kier alpha value is -0.550. The van der Waals surface area contributed by atoms with E-state index >= 15 is 0 Å². The Bertz CT molecular complexity index is 875. The first-order chi connectivity index (χ1) is 17.2. The van der Waals surface area contributed by atoms with E-state index in [0.29, 0.717) is 23.7 Å². The third kappa shape index (κ3) is 4.82. The summed E-state index contributed by atoms with van der Waals surface area (Å²) in [6.45, 7) is 12.2. The second-order valence-electron chi connectivity index (χ2n) is 13.8. The van der Waals surface area contributed by atoms with E-state index in [0.717, 1.165) is 42.3 Å². The van der Waals surface area contributed by atoms with E-state index in [4.69, 9.17) is 9.78 Å². The van der Waals surface area contributed by atoms with Crippen molar-refractivity contribution in [1.82, 2.24) is 0 Å². The van der Waals surface area contributed by atoms with E-state index in [2.05, 4.69) is 65.0 Å². The topological polar surface area (TPSA) is 38.7 Å². The van der Waals surface area contributed by atoms with Gasteiger partial charge in [-0.3, -0.25) is 0 Å². The molecule has 9 atom stereocenters. The number of thioether (sulfide) groups is 1. The van der Waals surface area contributed by atoms with Crippen LogP contribution in [0.15, 0.2) is 35.2 Å². The lowest BCUT2D eigenvalue weighted by Gasteiger charge is -2.62. The van der Waals surface area contributed by atoms with Gasteiger partial charge < -0.3 is 5.11 Å². The monoisotopic (exact) mass is 514 g/mol. The highest BCUT2D eigenvalue weighted by atomic mass is 32.2. The average molecular weight is 515 g/mol. The minimum atomic E-state index is -1.14. The standard InChI is InChI=1S/C32H50O3S/c1-22(2)10-9-11-23(3)27-14-15-28-26-16-19-32(33)31(5,29(26)17-18-30(27,28)4)20-24(34-35-32)21-36-25-12-7-6-8-13-25/h6-8,12-13,22-24,26-29,33H,9-11,14-21H2,1-5H3/t23-,24+,26+,27-,28+,29+,30-,31-,32-/m1/s1. The highest BCUT2D eigenvalue weighted by Crippen LogP contribution is 2.68. The van der Waals surface area contributed by atoms with Gasteiger partial charge >= 0.3 is 0 Å². The Morgan fingerprint density at radius 3 is 2.50 bits per heavy atom. The van der Waals surface area contributed by atoms with Crippen LogP contribution in [0.5, 0.6) is 0 Å². The summed E-state index contributed by atoms with van der Waals surface area (Å²) in [5, 5.41) is 11.7. The maximum absolute atomic E-state index is 11.7. The van der Waals surface area contributed by atoms with Crippen molar-refractivity contribution < 1.29 is 14.9 Å². The summed E-state index contributed by atoms with van der Waals surface area (Å²) in [6.07, 6.45) is 12.2. The molecule has 4 heteroatoms. The minimum absolute atomic E-state index is 0.0184. The predicted molar refractivity (Wildman–Crippen MR) is 148 cm³/mol. The molecule has 1 aliphatic heterocycles. The number of benzene rings is 1. The lowest BCUT2D eigenvalue weighted by atomic mass is 9.46. The van der Waals surface area contributed by atoms with Crippen molar-refractivity contribution in [2.24, 2.45) is 46.3 Å². The molecule has 1 saturated heterocycles. The van der Waals surface area contributed by atoms with Gasteiger partial charge in [-0.25, -0.2) is 9.78 Å². The Morgan fingerprint density at radius 2 is 1.75 bits per heavy atom. The molecule has 0 spiro atoms. The van der Waals surface area contributed by atoms with Gasteiger partial charge in [-0.2, -0.15) is 0 Å². The first-order valence-electron chi connectivity index (χ1n) is 14.9. The zero-order valence-electron chi connectivity index (χ0n) is 23.4. The molecule has 1 aromatic rings. The maximum Gasteiger partial charge on any atom is 0.204 e. The fraction of sp³-hybridized carbons (Fsp3) is 0.812. The lowest BCUT2D eigenvalue weighted by Crippen LogP contribution is -2.64. The van der Waals surface area contributed by atoms with E-state index in [-0.39, 0.29) is 11.5 Å². The largest absolute Gasteiger partial charge is 0.363 e. The molecule has 1 heterocycles. The van der Waals surface area contributed by atoms with Crippen LogP contribution in [0, 0.1) is 46.3 Å². The molecule has 3 saturated carbocycles. The van der Waals surface area contributed by atoms with Crippen molar-refractivity contribution in [2.75, 3.05) is 5.75 Å². The van der Waals surface area contributed by atoms with Gasteiger partial charge in [0, 0.05) is 22.5 Å². The number of fused-ring (bicyclic) bond motifs is 5. The molecule has 36 heavy (non-hydrogen) atoms. The molecular formula is C32H50O3S. The van der Waals surface area contributed by atoms with Crippen molar-refractivity contribution in [3.8, 4) is 0 Å². The number of rotatable bonds is 8. The van der Waals surface area contributed by atoms with Crippen molar-refractivity contribution in [3.05, 3.63) is 30.3 Å². The SMILES string of the molecule is CC(C)CCC[C@@H](C)[C@H]1CC[C@H]2[C@@H]3CC[C@@]4(O)OO[C@H](CSc5ccccc5)C[C@]4(C)[C@H]3CC[C@]12C. The molecule has 0 amide bonds. The summed E-state index contributed by atoms with van der Waals surface area (Å²) in [4.78, 5) is 13.0. The highest BCUT2D eigenvalue weighted by Gasteiger charge is 2.66. The molecular weight excluding hydrogens is 464 g/mol. The van der Waals surface area contributed by atoms with Crippen LogP contribution in [0.1, 0.15) is 98.8 Å². The van der Waals surface area contributed by atoms with Crippen molar-refractivity contribution in [1.29, 1.82) is 0 Å². The molecule has 4 aliphatic rings. The van der Waals surface area contributed by atoms with Crippen LogP contribution in [0.3, 0.4) is 0 Å². The predicted octanol–water partition coefficient (Wildman–Crippen LogP) is 8.51. The zero-order valence-corrected chi connectivity index (χ0v) is 24.2. The Labute approximate surface area is 224 Å². The quantitative estimate of drug-likeness (QED) is 0.279. The fourth-order valence-electron chi connectivity index (χ4n) is 9.34. The average Bonchev–Trinajstić information content (AvgIpc) is 3.21. The van der Waals surface area contributed by atoms with Crippen LogP contribution in [0.25, 0.3) is 0 Å². The van der Waals surface area contributed by atoms with Gasteiger partial charge in [0.15, 0.2) is 0 Å². The lowest BCUT2D eigenvalue weighted by molar-refractivity contribution is -0.507. The van der Waals surface area contributed by atoms with E-state index in [1.54, 1.807) is 0 Å². The molecule has 1 aromatic carbocycles. The summed E-state index contributed by atoms with van der Waals surface area (Å²) in [6, 6.07) is 10.6. The molecule has 1 N–H and O–H groups in total. The van der Waals surface area contributed by atoms with Gasteiger partial charge in [-0.15, -0.1) is 11.8 Å². The molecule has 0 radical (unpaired) electrons. The van der Waals surface area contributed by atoms with Crippen LogP contribution >= 0.6 is 11.8 Å². The highest BCUT2D eigenvalue weighted by molar-refractivity contribution is 7.99. The second kappa shape index (κ2) is 10.5. The maximum atomic E-state index is 11.7. The number of hydrogen-bond donors (Lipinski definition) is 1. The molecule has 0 aromatic heterocycles. The third-order valence-electron chi connectivity index (χ3n) is 11.3. The van der Waals surface area contributed by atoms with Crippen LogP contribution in [-0.2, 0) is 9.78 Å². The molecule has 4 fully saturated rings. The third-order valence-corrected chi connectivity index (χ3v) is 12.5. The van der Waals surface area contributed by atoms with E-state index < -0.39 is 5.79 Å². The fourth-order valence-corrected chi connectivity index (χ4v) is 10.2. The second-order valence-corrected chi connectivity index (χ2v) is 14.9. The first kappa shape index (κ1) is 27.0. The first-order valence-corrected chi connectivity index (χ1v) is 15.9. The summed E-state index contributed by atoms with van der Waals surface area (Å²) in [7, 11) is 0. The minimum Gasteiger partial charge on any atom is -0.363 e. The zero-order chi connectivity index (χ0) is 25.6. The van der Waals surface area contributed by atoms with Crippen LogP contribution in [0.2, 0.25) is 0 Å². The molecule has 3 aliphatic carbocycles. The number of aliphatic hydroxyl groups is 1. The summed E-state index contributed by atoms with van der Waals surface area (Å²) >= 11 is 1.83. The summed E-state index contributed by atoms with van der Waals surface area (Å²) < 4.78 is 0. The summed E-state index contributed by atoms with van der Waals surface area (Å²) in [5.74, 6) is 4.28.